The maximum Gasteiger partial charge on any atom is 0.193 e. The smallest absolute Gasteiger partial charge is 0.193 e. The van der Waals surface area contributed by atoms with E-state index in [2.05, 4.69) is 15.2 Å². The molecule has 1 saturated carbocycles. The van der Waals surface area contributed by atoms with Crippen LogP contribution in [0.2, 0.25) is 0 Å². The molecular formula is C16H24N4O2. The molecular weight excluding hydrogens is 280 g/mol. The number of guanidine groups is 1. The Morgan fingerprint density at radius 1 is 1.50 bits per heavy atom. The zero-order chi connectivity index (χ0) is 15.4. The van der Waals surface area contributed by atoms with Gasteiger partial charge < -0.3 is 20.5 Å². The molecule has 120 valence electrons. The summed E-state index contributed by atoms with van der Waals surface area (Å²) in [6.07, 6.45) is 2.80. The topological polar surface area (TPSA) is 72.1 Å². The van der Waals surface area contributed by atoms with Gasteiger partial charge >= 0.3 is 0 Å². The van der Waals surface area contributed by atoms with Crippen LogP contribution in [0, 0.1) is 0 Å². The summed E-state index contributed by atoms with van der Waals surface area (Å²) in [4.78, 5) is 6.91. The van der Waals surface area contributed by atoms with Crippen molar-refractivity contribution in [2.75, 3.05) is 38.7 Å². The van der Waals surface area contributed by atoms with Crippen molar-refractivity contribution in [3.05, 3.63) is 24.3 Å². The molecule has 3 N–H and O–H groups in total. The van der Waals surface area contributed by atoms with Gasteiger partial charge in [-0.25, -0.2) is 0 Å². The van der Waals surface area contributed by atoms with E-state index in [4.69, 9.17) is 15.2 Å². The first-order chi connectivity index (χ1) is 10.7. The molecule has 2 aliphatic rings. The monoisotopic (exact) mass is 304 g/mol. The second-order valence-corrected chi connectivity index (χ2v) is 5.80. The number of nitrogens with two attached hydrogens (primary N) is 1. The summed E-state index contributed by atoms with van der Waals surface area (Å²) in [6, 6.07) is 8.39. The minimum atomic E-state index is 0.139. The number of rotatable bonds is 5. The molecule has 1 aromatic rings. The van der Waals surface area contributed by atoms with E-state index >= 15 is 0 Å². The molecule has 22 heavy (non-hydrogen) atoms. The van der Waals surface area contributed by atoms with Gasteiger partial charge in [0.15, 0.2) is 5.96 Å². The lowest BCUT2D eigenvalue weighted by atomic mass is 10.2. The normalized spacial score (nSPS) is 23.3. The summed E-state index contributed by atoms with van der Waals surface area (Å²) < 4.78 is 11.0. The van der Waals surface area contributed by atoms with E-state index in [-0.39, 0.29) is 6.10 Å². The SMILES string of the molecule is COc1cccc(NC(N)=NCC2CN(C3CC3)CCO2)c1. The fourth-order valence-electron chi connectivity index (χ4n) is 2.71. The van der Waals surface area contributed by atoms with E-state index in [9.17, 15) is 0 Å². The first-order valence-corrected chi connectivity index (χ1v) is 7.81. The molecule has 1 aliphatic carbocycles. The molecule has 1 aromatic carbocycles. The van der Waals surface area contributed by atoms with E-state index in [1.807, 2.05) is 24.3 Å². The van der Waals surface area contributed by atoms with Gasteiger partial charge in [0.2, 0.25) is 0 Å². The molecule has 1 atom stereocenters. The average molecular weight is 304 g/mol. The van der Waals surface area contributed by atoms with Crippen LogP contribution in [0.15, 0.2) is 29.3 Å². The van der Waals surface area contributed by atoms with Crippen LogP contribution in [0.3, 0.4) is 0 Å². The highest BCUT2D eigenvalue weighted by atomic mass is 16.5. The van der Waals surface area contributed by atoms with Crippen molar-refractivity contribution in [3.8, 4) is 5.75 Å². The molecule has 0 aromatic heterocycles. The van der Waals surface area contributed by atoms with Gasteiger partial charge in [-0.2, -0.15) is 0 Å². The van der Waals surface area contributed by atoms with Crippen LogP contribution in [0.5, 0.6) is 5.75 Å². The molecule has 0 amide bonds. The zero-order valence-electron chi connectivity index (χ0n) is 13.0. The molecule has 1 saturated heterocycles. The predicted octanol–water partition coefficient (Wildman–Crippen LogP) is 1.28. The molecule has 1 heterocycles. The molecule has 3 rings (SSSR count). The number of benzene rings is 1. The highest BCUT2D eigenvalue weighted by Crippen LogP contribution is 2.28. The number of nitrogens with zero attached hydrogens (tertiary/aromatic N) is 2. The van der Waals surface area contributed by atoms with Gasteiger partial charge in [-0.1, -0.05) is 6.07 Å². The van der Waals surface area contributed by atoms with Gasteiger partial charge in [0.1, 0.15) is 5.75 Å². The number of hydrogen-bond acceptors (Lipinski definition) is 4. The van der Waals surface area contributed by atoms with E-state index < -0.39 is 0 Å². The molecule has 6 heteroatoms. The summed E-state index contributed by atoms with van der Waals surface area (Å²) in [5, 5.41) is 3.08. The summed E-state index contributed by atoms with van der Waals surface area (Å²) in [6.45, 7) is 3.38. The lowest BCUT2D eigenvalue weighted by Crippen LogP contribution is -2.45. The van der Waals surface area contributed by atoms with E-state index in [1.165, 1.54) is 12.8 Å². The maximum absolute atomic E-state index is 5.95. The van der Waals surface area contributed by atoms with Crippen LogP contribution in [0.25, 0.3) is 0 Å². The summed E-state index contributed by atoms with van der Waals surface area (Å²) in [5.41, 5.74) is 6.82. The number of morpholine rings is 1. The highest BCUT2D eigenvalue weighted by molar-refractivity contribution is 5.92. The standard InChI is InChI=1S/C16H24N4O2/c1-21-14-4-2-3-12(9-14)19-16(17)18-10-15-11-20(7-8-22-15)13-5-6-13/h2-4,9,13,15H,5-8,10-11H2,1H3,(H3,17,18,19). The Balaban J connectivity index is 1.50. The van der Waals surface area contributed by atoms with Gasteiger partial charge in [-0.3, -0.25) is 9.89 Å². The first-order valence-electron chi connectivity index (χ1n) is 7.81. The van der Waals surface area contributed by atoms with Crippen LogP contribution in [0.4, 0.5) is 5.69 Å². The van der Waals surface area contributed by atoms with Crippen molar-refractivity contribution >= 4 is 11.6 Å². The highest BCUT2D eigenvalue weighted by Gasteiger charge is 2.32. The Labute approximate surface area is 131 Å². The van der Waals surface area contributed by atoms with Crippen LogP contribution in [-0.4, -0.2) is 56.4 Å². The summed E-state index contributed by atoms with van der Waals surface area (Å²) in [5.74, 6) is 1.19. The van der Waals surface area contributed by atoms with Gasteiger partial charge in [0.05, 0.1) is 26.4 Å². The molecule has 0 spiro atoms. The second-order valence-electron chi connectivity index (χ2n) is 5.80. The van der Waals surface area contributed by atoms with Gasteiger partial charge in [-0.05, 0) is 25.0 Å². The fourth-order valence-corrected chi connectivity index (χ4v) is 2.71. The Hall–Kier alpha value is -1.79. The lowest BCUT2D eigenvalue weighted by molar-refractivity contribution is -0.0258. The van der Waals surface area contributed by atoms with Crippen molar-refractivity contribution < 1.29 is 9.47 Å². The second kappa shape index (κ2) is 6.98. The minimum absolute atomic E-state index is 0.139. The quantitative estimate of drug-likeness (QED) is 0.633. The molecule has 0 bridgehead atoms. The molecule has 1 aliphatic heterocycles. The van der Waals surface area contributed by atoms with Crippen LogP contribution >= 0.6 is 0 Å². The van der Waals surface area contributed by atoms with Crippen LogP contribution in [0.1, 0.15) is 12.8 Å². The van der Waals surface area contributed by atoms with E-state index in [0.29, 0.717) is 12.5 Å². The van der Waals surface area contributed by atoms with E-state index in [0.717, 1.165) is 37.2 Å². The lowest BCUT2D eigenvalue weighted by Gasteiger charge is -2.32. The van der Waals surface area contributed by atoms with Gasteiger partial charge in [0, 0.05) is 30.9 Å². The van der Waals surface area contributed by atoms with Gasteiger partial charge in [0.25, 0.3) is 0 Å². The Morgan fingerprint density at radius 2 is 2.36 bits per heavy atom. The number of methoxy groups -OCH3 is 1. The number of nitrogens with one attached hydrogen (secondary N) is 1. The Bertz CT molecular complexity index is 531. The molecule has 2 fully saturated rings. The Morgan fingerprint density at radius 3 is 3.14 bits per heavy atom. The van der Waals surface area contributed by atoms with Crippen molar-refractivity contribution in [1.29, 1.82) is 0 Å². The first kappa shape index (κ1) is 15.1. The Kier molecular flexibility index (Phi) is 4.80. The number of ether oxygens (including phenoxy) is 2. The van der Waals surface area contributed by atoms with E-state index in [1.54, 1.807) is 7.11 Å². The average Bonchev–Trinajstić information content (AvgIpc) is 3.38. The van der Waals surface area contributed by atoms with Crippen molar-refractivity contribution in [2.24, 2.45) is 10.7 Å². The fraction of sp³-hybridized carbons (Fsp3) is 0.562. The van der Waals surface area contributed by atoms with Gasteiger partial charge in [-0.15, -0.1) is 0 Å². The largest absolute Gasteiger partial charge is 0.497 e. The minimum Gasteiger partial charge on any atom is -0.497 e. The molecule has 0 radical (unpaired) electrons. The number of hydrogen-bond donors (Lipinski definition) is 2. The molecule has 1 unspecified atom stereocenters. The molecule has 6 nitrogen and oxygen atoms in total. The van der Waals surface area contributed by atoms with Crippen LogP contribution in [-0.2, 0) is 4.74 Å². The van der Waals surface area contributed by atoms with Crippen molar-refractivity contribution in [3.63, 3.8) is 0 Å². The van der Waals surface area contributed by atoms with Crippen molar-refractivity contribution in [2.45, 2.75) is 25.0 Å². The van der Waals surface area contributed by atoms with Crippen molar-refractivity contribution in [1.82, 2.24) is 4.90 Å². The summed E-state index contributed by atoms with van der Waals surface area (Å²) in [7, 11) is 1.64. The maximum atomic E-state index is 5.95. The third kappa shape index (κ3) is 4.11. The number of anilines is 1. The van der Waals surface area contributed by atoms with Crippen LogP contribution < -0.4 is 15.8 Å². The summed E-state index contributed by atoms with van der Waals surface area (Å²) >= 11 is 0. The zero-order valence-corrected chi connectivity index (χ0v) is 13.0. The number of aliphatic imine (C=N–C) groups is 1. The predicted molar refractivity (Wildman–Crippen MR) is 87.4 cm³/mol. The third-order valence-corrected chi connectivity index (χ3v) is 4.04. The third-order valence-electron chi connectivity index (χ3n) is 4.04.